The molecule has 146 valence electrons. The van der Waals surface area contributed by atoms with Crippen LogP contribution >= 0.6 is 11.6 Å². The molecule has 2 aliphatic heterocycles. The molecule has 2 fully saturated rings. The van der Waals surface area contributed by atoms with Crippen LogP contribution in [0, 0.1) is 5.92 Å². The van der Waals surface area contributed by atoms with E-state index in [1.54, 1.807) is 29.2 Å². The molecule has 0 bridgehead atoms. The summed E-state index contributed by atoms with van der Waals surface area (Å²) < 4.78 is 0. The van der Waals surface area contributed by atoms with Crippen molar-refractivity contribution in [1.82, 2.24) is 0 Å². The summed E-state index contributed by atoms with van der Waals surface area (Å²) in [4.78, 5) is 29.1. The van der Waals surface area contributed by atoms with Crippen LogP contribution in [0.25, 0.3) is 0 Å². The maximum atomic E-state index is 12.6. The molecule has 2 aliphatic rings. The maximum absolute atomic E-state index is 12.6. The normalized spacial score (nSPS) is 19.8. The first-order valence-electron chi connectivity index (χ1n) is 9.82. The summed E-state index contributed by atoms with van der Waals surface area (Å²) >= 11 is 5.87. The molecule has 0 aromatic heterocycles. The SMILES string of the molecule is O=C(Nc1ccc(Cl)cc1)C1CC(=O)N(c2ccc(N3CCCCC3)cc2)C1. The fourth-order valence-electron chi connectivity index (χ4n) is 3.91. The smallest absolute Gasteiger partial charge is 0.229 e. The average molecular weight is 398 g/mol. The van der Waals surface area contributed by atoms with Gasteiger partial charge in [-0.25, -0.2) is 0 Å². The lowest BCUT2D eigenvalue weighted by Gasteiger charge is -2.29. The van der Waals surface area contributed by atoms with Crippen LogP contribution in [-0.4, -0.2) is 31.4 Å². The Morgan fingerprint density at radius 3 is 2.25 bits per heavy atom. The van der Waals surface area contributed by atoms with E-state index < -0.39 is 0 Å². The third-order valence-electron chi connectivity index (χ3n) is 5.49. The Balaban J connectivity index is 1.40. The molecule has 5 nitrogen and oxygen atoms in total. The van der Waals surface area contributed by atoms with E-state index in [0.29, 0.717) is 17.3 Å². The van der Waals surface area contributed by atoms with Crippen LogP contribution < -0.4 is 15.1 Å². The Hall–Kier alpha value is -2.53. The van der Waals surface area contributed by atoms with Crippen molar-refractivity contribution in [2.24, 2.45) is 5.92 Å². The zero-order valence-electron chi connectivity index (χ0n) is 15.7. The van der Waals surface area contributed by atoms with Gasteiger partial charge in [0, 0.05) is 48.1 Å². The second-order valence-electron chi connectivity index (χ2n) is 7.47. The van der Waals surface area contributed by atoms with Crippen molar-refractivity contribution in [2.75, 3.05) is 34.8 Å². The highest BCUT2D eigenvalue weighted by atomic mass is 35.5. The maximum Gasteiger partial charge on any atom is 0.229 e. The molecule has 2 aromatic rings. The summed E-state index contributed by atoms with van der Waals surface area (Å²) in [6.45, 7) is 2.59. The van der Waals surface area contributed by atoms with Gasteiger partial charge in [0.25, 0.3) is 0 Å². The van der Waals surface area contributed by atoms with Crippen molar-refractivity contribution >= 4 is 40.5 Å². The molecule has 2 aromatic carbocycles. The van der Waals surface area contributed by atoms with Crippen molar-refractivity contribution in [3.63, 3.8) is 0 Å². The molecule has 2 heterocycles. The summed E-state index contributed by atoms with van der Waals surface area (Å²) in [6.07, 6.45) is 4.00. The quantitative estimate of drug-likeness (QED) is 0.835. The van der Waals surface area contributed by atoms with Gasteiger partial charge >= 0.3 is 0 Å². The molecule has 2 amide bonds. The highest BCUT2D eigenvalue weighted by Crippen LogP contribution is 2.29. The number of piperidine rings is 1. The van der Waals surface area contributed by atoms with Gasteiger partial charge in [0.2, 0.25) is 11.8 Å². The predicted molar refractivity (Wildman–Crippen MR) is 113 cm³/mol. The monoisotopic (exact) mass is 397 g/mol. The molecule has 0 spiro atoms. The van der Waals surface area contributed by atoms with Gasteiger partial charge in [-0.05, 0) is 67.8 Å². The predicted octanol–water partition coefficient (Wildman–Crippen LogP) is 4.32. The van der Waals surface area contributed by atoms with E-state index in [0.717, 1.165) is 18.8 Å². The largest absolute Gasteiger partial charge is 0.372 e. The molecule has 28 heavy (non-hydrogen) atoms. The molecule has 0 aliphatic carbocycles. The van der Waals surface area contributed by atoms with Crippen LogP contribution in [0.3, 0.4) is 0 Å². The number of carbonyl (C=O) groups is 2. The fourth-order valence-corrected chi connectivity index (χ4v) is 4.03. The summed E-state index contributed by atoms with van der Waals surface area (Å²) in [7, 11) is 0. The van der Waals surface area contributed by atoms with Crippen LogP contribution in [0.15, 0.2) is 48.5 Å². The van der Waals surface area contributed by atoms with Gasteiger partial charge in [-0.15, -0.1) is 0 Å². The van der Waals surface area contributed by atoms with Gasteiger partial charge in [-0.1, -0.05) is 11.6 Å². The van der Waals surface area contributed by atoms with Crippen molar-refractivity contribution in [3.05, 3.63) is 53.6 Å². The highest BCUT2D eigenvalue weighted by molar-refractivity contribution is 6.30. The van der Waals surface area contributed by atoms with E-state index >= 15 is 0 Å². The molecular formula is C22H24ClN3O2. The molecule has 6 heteroatoms. The van der Waals surface area contributed by atoms with E-state index in [2.05, 4.69) is 22.3 Å². The summed E-state index contributed by atoms with van der Waals surface area (Å²) in [5.74, 6) is -0.505. The molecule has 4 rings (SSSR count). The number of nitrogens with zero attached hydrogens (tertiary/aromatic N) is 2. The molecule has 1 unspecified atom stereocenters. The lowest BCUT2D eigenvalue weighted by Crippen LogP contribution is -2.30. The first-order chi connectivity index (χ1) is 13.6. The van der Waals surface area contributed by atoms with Gasteiger partial charge in [0.1, 0.15) is 0 Å². The van der Waals surface area contributed by atoms with Gasteiger partial charge in [-0.3, -0.25) is 9.59 Å². The Labute approximate surface area is 170 Å². The molecule has 1 atom stereocenters. The molecule has 0 radical (unpaired) electrons. The molecule has 1 N–H and O–H groups in total. The third-order valence-corrected chi connectivity index (χ3v) is 5.74. The second kappa shape index (κ2) is 8.23. The lowest BCUT2D eigenvalue weighted by atomic mass is 10.1. The number of amides is 2. The van der Waals surface area contributed by atoms with E-state index in [9.17, 15) is 9.59 Å². The Morgan fingerprint density at radius 1 is 0.929 bits per heavy atom. The number of rotatable bonds is 4. The summed E-state index contributed by atoms with van der Waals surface area (Å²) in [5, 5.41) is 3.49. The first kappa shape index (κ1) is 18.8. The number of nitrogens with one attached hydrogen (secondary N) is 1. The van der Waals surface area contributed by atoms with Crippen LogP contribution in [0.1, 0.15) is 25.7 Å². The van der Waals surface area contributed by atoms with E-state index in [1.165, 1.54) is 24.9 Å². The number of hydrogen-bond donors (Lipinski definition) is 1. The minimum atomic E-state index is -0.357. The van der Waals surface area contributed by atoms with Crippen molar-refractivity contribution in [3.8, 4) is 0 Å². The molecular weight excluding hydrogens is 374 g/mol. The van der Waals surface area contributed by atoms with E-state index in [1.807, 2.05) is 12.1 Å². The number of hydrogen-bond acceptors (Lipinski definition) is 3. The van der Waals surface area contributed by atoms with Gasteiger partial charge in [-0.2, -0.15) is 0 Å². The van der Waals surface area contributed by atoms with Crippen LogP contribution in [0.2, 0.25) is 5.02 Å². The minimum Gasteiger partial charge on any atom is -0.372 e. The Morgan fingerprint density at radius 2 is 1.57 bits per heavy atom. The number of carbonyl (C=O) groups excluding carboxylic acids is 2. The van der Waals surface area contributed by atoms with E-state index in [-0.39, 0.29) is 24.2 Å². The summed E-state index contributed by atoms with van der Waals surface area (Å²) in [5.41, 5.74) is 2.74. The summed E-state index contributed by atoms with van der Waals surface area (Å²) in [6, 6.07) is 15.1. The zero-order chi connectivity index (χ0) is 19.5. The van der Waals surface area contributed by atoms with Gasteiger partial charge in [0.05, 0.1) is 5.92 Å². The third kappa shape index (κ3) is 4.14. The highest BCUT2D eigenvalue weighted by Gasteiger charge is 2.35. The average Bonchev–Trinajstić information content (AvgIpc) is 3.12. The minimum absolute atomic E-state index is 0.0121. The van der Waals surface area contributed by atoms with Crippen molar-refractivity contribution in [1.29, 1.82) is 0 Å². The van der Waals surface area contributed by atoms with Gasteiger partial charge < -0.3 is 15.1 Å². The molecule has 0 saturated carbocycles. The van der Waals surface area contributed by atoms with Crippen molar-refractivity contribution in [2.45, 2.75) is 25.7 Å². The lowest BCUT2D eigenvalue weighted by molar-refractivity contribution is -0.122. The Bertz CT molecular complexity index is 845. The van der Waals surface area contributed by atoms with Crippen LogP contribution in [0.4, 0.5) is 17.1 Å². The number of anilines is 3. The topological polar surface area (TPSA) is 52.7 Å². The molecule has 2 saturated heterocycles. The van der Waals surface area contributed by atoms with Gasteiger partial charge in [0.15, 0.2) is 0 Å². The van der Waals surface area contributed by atoms with Crippen LogP contribution in [-0.2, 0) is 9.59 Å². The number of benzene rings is 2. The first-order valence-corrected chi connectivity index (χ1v) is 10.2. The zero-order valence-corrected chi connectivity index (χ0v) is 16.5. The van der Waals surface area contributed by atoms with E-state index in [4.69, 9.17) is 11.6 Å². The van der Waals surface area contributed by atoms with Crippen molar-refractivity contribution < 1.29 is 9.59 Å². The standard InChI is InChI=1S/C22H24ClN3O2/c23-17-4-6-18(7-5-17)24-22(28)16-14-21(27)26(15-16)20-10-8-19(9-11-20)25-12-2-1-3-13-25/h4-11,16H,1-3,12-15H2,(H,24,28). The fraction of sp³-hybridized carbons (Fsp3) is 0.364. The van der Waals surface area contributed by atoms with Crippen LogP contribution in [0.5, 0.6) is 0 Å². The number of halogens is 1. The Kier molecular flexibility index (Phi) is 5.53. The second-order valence-corrected chi connectivity index (χ2v) is 7.90.